The molecular weight excluding hydrogens is 449 g/mol. The summed E-state index contributed by atoms with van der Waals surface area (Å²) in [6, 6.07) is 19.5. The molecule has 0 bridgehead atoms. The normalized spacial score (nSPS) is 10.8. The first-order valence-electron chi connectivity index (χ1n) is 10.1. The Bertz CT molecular complexity index is 1270. The maximum atomic E-state index is 12.5. The van der Waals surface area contributed by atoms with Crippen LogP contribution >= 0.6 is 0 Å². The molecule has 2 aromatic carbocycles. The minimum Gasteiger partial charge on any atom is -0.475 e. The van der Waals surface area contributed by atoms with Crippen LogP contribution in [0.1, 0.15) is 11.3 Å². The highest BCUT2D eigenvalue weighted by atomic mass is 19.4. The van der Waals surface area contributed by atoms with Crippen LogP contribution in [0.15, 0.2) is 73.1 Å². The second-order valence-corrected chi connectivity index (χ2v) is 7.24. The number of aliphatic carboxylic acids is 1. The van der Waals surface area contributed by atoms with Crippen molar-refractivity contribution in [1.29, 1.82) is 0 Å². The number of carbonyl (C=O) groups excluding carboxylic acids is 1. The number of fused-ring (bicyclic) bond motifs is 1. The number of benzene rings is 2. The number of hydrogen-bond donors (Lipinski definition) is 4. The number of anilines is 3. The maximum absolute atomic E-state index is 12.5. The average molecular weight is 470 g/mol. The number of amides is 1. The van der Waals surface area contributed by atoms with Crippen molar-refractivity contribution in [3.05, 3.63) is 84.3 Å². The van der Waals surface area contributed by atoms with Crippen LogP contribution in [0.4, 0.5) is 30.2 Å². The van der Waals surface area contributed by atoms with Crippen LogP contribution in [-0.4, -0.2) is 33.1 Å². The second kappa shape index (κ2) is 10.5. The van der Waals surface area contributed by atoms with Crippen molar-refractivity contribution in [2.45, 2.75) is 19.5 Å². The monoisotopic (exact) mass is 470 g/mol. The number of aromatic amines is 1. The van der Waals surface area contributed by atoms with Gasteiger partial charge in [0.2, 0.25) is 5.91 Å². The standard InChI is InChI=1S/C22H20N4O.C2HF3O2/c1-15-20(19-4-2-3-5-21(19)24-15)14-22(27)26-17-8-6-16(7-9-17)25-18-10-12-23-13-11-18;3-2(4,5)1(6)7/h2-13,24H,14H2,1H3,(H,23,25)(H,26,27);(H,6,7). The number of carboxylic acids is 1. The summed E-state index contributed by atoms with van der Waals surface area (Å²) in [5.41, 5.74) is 5.83. The number of carbonyl (C=O) groups is 2. The van der Waals surface area contributed by atoms with E-state index in [4.69, 9.17) is 9.90 Å². The van der Waals surface area contributed by atoms with Gasteiger partial charge >= 0.3 is 12.1 Å². The van der Waals surface area contributed by atoms with Crippen LogP contribution in [0.2, 0.25) is 0 Å². The van der Waals surface area contributed by atoms with Crippen LogP contribution in [0.3, 0.4) is 0 Å². The molecule has 34 heavy (non-hydrogen) atoms. The summed E-state index contributed by atoms with van der Waals surface area (Å²) < 4.78 is 31.7. The van der Waals surface area contributed by atoms with E-state index in [0.717, 1.165) is 39.2 Å². The number of nitrogens with one attached hydrogen (secondary N) is 3. The summed E-state index contributed by atoms with van der Waals surface area (Å²) >= 11 is 0. The smallest absolute Gasteiger partial charge is 0.475 e. The zero-order valence-electron chi connectivity index (χ0n) is 18.0. The topological polar surface area (TPSA) is 107 Å². The molecule has 2 aromatic heterocycles. The number of para-hydroxylation sites is 1. The molecule has 0 aliphatic rings. The van der Waals surface area contributed by atoms with E-state index in [9.17, 15) is 18.0 Å². The van der Waals surface area contributed by atoms with Gasteiger partial charge in [-0.15, -0.1) is 0 Å². The predicted octanol–water partition coefficient (Wildman–Crippen LogP) is 5.43. The Hall–Kier alpha value is -4.34. The molecule has 0 unspecified atom stereocenters. The minimum atomic E-state index is -5.08. The Morgan fingerprint density at radius 1 is 0.941 bits per heavy atom. The molecule has 2 heterocycles. The zero-order chi connectivity index (χ0) is 24.7. The molecule has 0 fully saturated rings. The number of aryl methyl sites for hydroxylation is 1. The van der Waals surface area contributed by atoms with E-state index < -0.39 is 12.1 Å². The lowest BCUT2D eigenvalue weighted by Gasteiger charge is -2.09. The van der Waals surface area contributed by atoms with Gasteiger partial charge in [0, 0.05) is 46.1 Å². The highest BCUT2D eigenvalue weighted by molar-refractivity contribution is 5.96. The largest absolute Gasteiger partial charge is 0.490 e. The van der Waals surface area contributed by atoms with Crippen molar-refractivity contribution in [1.82, 2.24) is 9.97 Å². The summed E-state index contributed by atoms with van der Waals surface area (Å²) in [5, 5.41) is 14.5. The Labute approximate surface area is 192 Å². The number of halogens is 3. The summed E-state index contributed by atoms with van der Waals surface area (Å²) in [5.74, 6) is -2.79. The summed E-state index contributed by atoms with van der Waals surface area (Å²) in [4.78, 5) is 28.7. The molecular formula is C24H21F3N4O3. The number of nitrogens with zero attached hydrogens (tertiary/aromatic N) is 1. The third-order valence-electron chi connectivity index (χ3n) is 4.74. The van der Waals surface area contributed by atoms with Gasteiger partial charge in [-0.3, -0.25) is 9.78 Å². The molecule has 4 N–H and O–H groups in total. The van der Waals surface area contributed by atoms with E-state index in [1.807, 2.05) is 67.6 Å². The van der Waals surface area contributed by atoms with Crippen LogP contribution in [0.25, 0.3) is 10.9 Å². The Balaban J connectivity index is 0.000000406. The predicted molar refractivity (Wildman–Crippen MR) is 123 cm³/mol. The van der Waals surface area contributed by atoms with E-state index in [2.05, 4.69) is 20.6 Å². The number of aromatic nitrogens is 2. The first-order chi connectivity index (χ1) is 16.1. The van der Waals surface area contributed by atoms with E-state index in [-0.39, 0.29) is 5.91 Å². The van der Waals surface area contributed by atoms with Crippen LogP contribution in [-0.2, 0) is 16.0 Å². The molecule has 0 aliphatic carbocycles. The molecule has 0 saturated carbocycles. The first-order valence-corrected chi connectivity index (χ1v) is 10.1. The number of rotatable bonds is 5. The lowest BCUT2D eigenvalue weighted by molar-refractivity contribution is -0.192. The number of hydrogen-bond acceptors (Lipinski definition) is 4. The highest BCUT2D eigenvalue weighted by Crippen LogP contribution is 2.23. The highest BCUT2D eigenvalue weighted by Gasteiger charge is 2.38. The molecule has 176 valence electrons. The lowest BCUT2D eigenvalue weighted by atomic mass is 10.1. The van der Waals surface area contributed by atoms with Gasteiger partial charge in [-0.25, -0.2) is 4.79 Å². The number of carboxylic acid groups (broad SMARTS) is 1. The number of alkyl halides is 3. The first kappa shape index (κ1) is 24.3. The Morgan fingerprint density at radius 3 is 2.12 bits per heavy atom. The van der Waals surface area contributed by atoms with Crippen LogP contribution in [0, 0.1) is 6.92 Å². The van der Waals surface area contributed by atoms with Gasteiger partial charge < -0.3 is 20.7 Å². The van der Waals surface area contributed by atoms with Crippen molar-refractivity contribution in [3.8, 4) is 0 Å². The van der Waals surface area contributed by atoms with Crippen LogP contribution < -0.4 is 10.6 Å². The maximum Gasteiger partial charge on any atom is 0.490 e. The quantitative estimate of drug-likeness (QED) is 0.311. The average Bonchev–Trinajstić information content (AvgIpc) is 3.10. The molecule has 0 aliphatic heterocycles. The number of pyridine rings is 1. The molecule has 10 heteroatoms. The van der Waals surface area contributed by atoms with E-state index in [1.54, 1.807) is 12.4 Å². The van der Waals surface area contributed by atoms with Crippen molar-refractivity contribution in [2.75, 3.05) is 10.6 Å². The molecule has 0 saturated heterocycles. The third kappa shape index (κ3) is 6.58. The van der Waals surface area contributed by atoms with Crippen molar-refractivity contribution in [3.63, 3.8) is 0 Å². The van der Waals surface area contributed by atoms with Gasteiger partial charge in [0.05, 0.1) is 6.42 Å². The molecule has 4 aromatic rings. The zero-order valence-corrected chi connectivity index (χ0v) is 18.0. The van der Waals surface area contributed by atoms with Gasteiger partial charge in [-0.2, -0.15) is 13.2 Å². The van der Waals surface area contributed by atoms with Crippen molar-refractivity contribution >= 4 is 39.8 Å². The van der Waals surface area contributed by atoms with Crippen molar-refractivity contribution < 1.29 is 27.9 Å². The molecule has 4 rings (SSSR count). The van der Waals surface area contributed by atoms with E-state index in [1.165, 1.54) is 0 Å². The molecule has 0 spiro atoms. The Morgan fingerprint density at radius 2 is 1.50 bits per heavy atom. The lowest BCUT2D eigenvalue weighted by Crippen LogP contribution is -2.21. The summed E-state index contributed by atoms with van der Waals surface area (Å²) in [6.07, 6.45) is -1.26. The second-order valence-electron chi connectivity index (χ2n) is 7.24. The molecule has 0 radical (unpaired) electrons. The van der Waals surface area contributed by atoms with Gasteiger partial charge in [0.15, 0.2) is 0 Å². The molecule has 0 atom stereocenters. The minimum absolute atomic E-state index is 0.0299. The fourth-order valence-corrected chi connectivity index (χ4v) is 3.17. The fourth-order valence-electron chi connectivity index (χ4n) is 3.17. The Kier molecular flexibility index (Phi) is 7.52. The third-order valence-corrected chi connectivity index (χ3v) is 4.74. The van der Waals surface area contributed by atoms with E-state index in [0.29, 0.717) is 6.42 Å². The van der Waals surface area contributed by atoms with E-state index >= 15 is 0 Å². The van der Waals surface area contributed by atoms with Gasteiger partial charge in [0.25, 0.3) is 0 Å². The fraction of sp³-hybridized carbons (Fsp3) is 0.125. The molecule has 7 nitrogen and oxygen atoms in total. The van der Waals surface area contributed by atoms with Crippen molar-refractivity contribution in [2.24, 2.45) is 0 Å². The van der Waals surface area contributed by atoms with Gasteiger partial charge in [0.1, 0.15) is 0 Å². The molecule has 1 amide bonds. The van der Waals surface area contributed by atoms with Gasteiger partial charge in [-0.1, -0.05) is 18.2 Å². The SMILES string of the molecule is Cc1[nH]c2ccccc2c1CC(=O)Nc1ccc(Nc2ccncc2)cc1.O=C(O)C(F)(F)F. The number of H-pyrrole nitrogens is 1. The summed E-state index contributed by atoms with van der Waals surface area (Å²) in [7, 11) is 0. The summed E-state index contributed by atoms with van der Waals surface area (Å²) in [6.45, 7) is 2.00. The van der Waals surface area contributed by atoms with Crippen LogP contribution in [0.5, 0.6) is 0 Å². The van der Waals surface area contributed by atoms with Gasteiger partial charge in [-0.05, 0) is 55.0 Å².